The molecule has 3 aromatic rings. The van der Waals surface area contributed by atoms with Crippen molar-refractivity contribution in [2.24, 2.45) is 0 Å². The van der Waals surface area contributed by atoms with Crippen LogP contribution >= 0.6 is 0 Å². The molecule has 0 amide bonds. The van der Waals surface area contributed by atoms with Gasteiger partial charge in [0, 0.05) is 18.0 Å². The third kappa shape index (κ3) is 4.06. The summed E-state index contributed by atoms with van der Waals surface area (Å²) in [6, 6.07) is 12.1. The molecule has 24 heavy (non-hydrogen) atoms. The average Bonchev–Trinajstić information content (AvgIpc) is 2.54. The minimum absolute atomic E-state index is 0.144. The quantitative estimate of drug-likeness (QED) is 0.715. The van der Waals surface area contributed by atoms with Gasteiger partial charge in [-0.05, 0) is 34.4 Å². The summed E-state index contributed by atoms with van der Waals surface area (Å²) in [7, 11) is -3.40. The van der Waals surface area contributed by atoms with E-state index in [0.717, 1.165) is 33.7 Å². The normalized spacial score (nSPS) is 11.7. The molecule has 0 aliphatic heterocycles. The Balaban J connectivity index is 1.82. The summed E-state index contributed by atoms with van der Waals surface area (Å²) in [5.41, 5.74) is 8.44. The van der Waals surface area contributed by atoms with Gasteiger partial charge >= 0.3 is 0 Å². The third-order valence-corrected chi connectivity index (χ3v) is 4.19. The van der Waals surface area contributed by atoms with Crippen molar-refractivity contribution in [2.45, 2.75) is 6.42 Å². The van der Waals surface area contributed by atoms with Gasteiger partial charge in [-0.3, -0.25) is 4.18 Å². The van der Waals surface area contributed by atoms with Crippen LogP contribution in [0.15, 0.2) is 48.8 Å². The zero-order chi connectivity index (χ0) is 17.2. The number of fused-ring (bicyclic) bond motifs is 1. The lowest BCUT2D eigenvalue weighted by Gasteiger charge is -2.07. The van der Waals surface area contributed by atoms with Gasteiger partial charge in [-0.2, -0.15) is 8.42 Å². The SMILES string of the molecule is CS(=O)(=O)OCCc1ccc2cc(-c3cnc(N)nc3)ccc2c1. The summed E-state index contributed by atoms with van der Waals surface area (Å²) >= 11 is 0. The Morgan fingerprint density at radius 1 is 1.00 bits per heavy atom. The lowest BCUT2D eigenvalue weighted by atomic mass is 10.0. The van der Waals surface area contributed by atoms with E-state index in [0.29, 0.717) is 6.42 Å². The minimum Gasteiger partial charge on any atom is -0.368 e. The van der Waals surface area contributed by atoms with Crippen molar-refractivity contribution in [3.05, 3.63) is 54.4 Å². The van der Waals surface area contributed by atoms with E-state index in [2.05, 4.69) is 16.0 Å². The van der Waals surface area contributed by atoms with Crippen molar-refractivity contribution >= 4 is 26.8 Å². The van der Waals surface area contributed by atoms with Crippen LogP contribution in [0.3, 0.4) is 0 Å². The fraction of sp³-hybridized carbons (Fsp3) is 0.176. The monoisotopic (exact) mass is 343 g/mol. The number of rotatable bonds is 5. The van der Waals surface area contributed by atoms with Gasteiger partial charge in [0.15, 0.2) is 0 Å². The number of hydrogen-bond donors (Lipinski definition) is 1. The molecule has 0 bridgehead atoms. The van der Waals surface area contributed by atoms with Crippen molar-refractivity contribution in [2.75, 3.05) is 18.6 Å². The molecule has 6 nitrogen and oxygen atoms in total. The summed E-state index contributed by atoms with van der Waals surface area (Å²) in [6.45, 7) is 0.144. The zero-order valence-corrected chi connectivity index (χ0v) is 14.0. The molecule has 0 spiro atoms. The van der Waals surface area contributed by atoms with Crippen LogP contribution < -0.4 is 5.73 Å². The van der Waals surface area contributed by atoms with E-state index in [9.17, 15) is 8.42 Å². The van der Waals surface area contributed by atoms with E-state index < -0.39 is 10.1 Å². The number of anilines is 1. The smallest absolute Gasteiger partial charge is 0.264 e. The number of aromatic nitrogens is 2. The van der Waals surface area contributed by atoms with Gasteiger partial charge in [-0.25, -0.2) is 9.97 Å². The van der Waals surface area contributed by atoms with Crippen molar-refractivity contribution in [3.8, 4) is 11.1 Å². The molecule has 1 aromatic heterocycles. The van der Waals surface area contributed by atoms with Crippen LogP contribution in [-0.2, 0) is 20.7 Å². The predicted octanol–water partition coefficient (Wildman–Crippen LogP) is 2.40. The van der Waals surface area contributed by atoms with Crippen molar-refractivity contribution in [3.63, 3.8) is 0 Å². The van der Waals surface area contributed by atoms with E-state index in [1.54, 1.807) is 12.4 Å². The molecule has 124 valence electrons. The maximum atomic E-state index is 11.0. The summed E-state index contributed by atoms with van der Waals surface area (Å²) in [5, 5.41) is 2.16. The molecule has 0 radical (unpaired) electrons. The van der Waals surface area contributed by atoms with Gasteiger partial charge < -0.3 is 5.73 Å². The number of benzene rings is 2. The molecular weight excluding hydrogens is 326 g/mol. The first-order valence-electron chi connectivity index (χ1n) is 7.36. The Bertz CT molecular complexity index is 970. The second-order valence-corrected chi connectivity index (χ2v) is 7.15. The second kappa shape index (κ2) is 6.54. The molecule has 0 atom stereocenters. The molecule has 2 aromatic carbocycles. The number of nitrogens with zero attached hydrogens (tertiary/aromatic N) is 2. The van der Waals surface area contributed by atoms with Gasteiger partial charge in [0.1, 0.15) is 0 Å². The van der Waals surface area contributed by atoms with E-state index in [1.807, 2.05) is 30.3 Å². The Morgan fingerprint density at radius 3 is 2.38 bits per heavy atom. The third-order valence-electron chi connectivity index (χ3n) is 3.60. The molecule has 0 saturated carbocycles. The van der Waals surface area contributed by atoms with Gasteiger partial charge in [0.25, 0.3) is 10.1 Å². The Morgan fingerprint density at radius 2 is 1.67 bits per heavy atom. The van der Waals surface area contributed by atoms with Crippen LogP contribution in [0.5, 0.6) is 0 Å². The Labute approximate surface area is 140 Å². The highest BCUT2D eigenvalue weighted by Crippen LogP contribution is 2.24. The topological polar surface area (TPSA) is 95.2 Å². The second-order valence-electron chi connectivity index (χ2n) is 5.50. The minimum atomic E-state index is -3.40. The van der Waals surface area contributed by atoms with E-state index in [-0.39, 0.29) is 12.6 Å². The van der Waals surface area contributed by atoms with Crippen LogP contribution in [0.2, 0.25) is 0 Å². The van der Waals surface area contributed by atoms with E-state index >= 15 is 0 Å². The van der Waals surface area contributed by atoms with Crippen LogP contribution in [0.4, 0.5) is 5.95 Å². The average molecular weight is 343 g/mol. The number of nitrogens with two attached hydrogens (primary N) is 1. The zero-order valence-electron chi connectivity index (χ0n) is 13.1. The van der Waals surface area contributed by atoms with E-state index in [4.69, 9.17) is 9.92 Å². The molecule has 1 heterocycles. The van der Waals surface area contributed by atoms with Gasteiger partial charge in [-0.15, -0.1) is 0 Å². The van der Waals surface area contributed by atoms with Crippen LogP contribution in [-0.4, -0.2) is 31.2 Å². The largest absolute Gasteiger partial charge is 0.368 e. The van der Waals surface area contributed by atoms with Crippen LogP contribution in [0.1, 0.15) is 5.56 Å². The molecule has 7 heteroatoms. The number of hydrogen-bond acceptors (Lipinski definition) is 6. The first-order valence-corrected chi connectivity index (χ1v) is 9.17. The summed E-state index contributed by atoms with van der Waals surface area (Å²) in [5.74, 6) is 0.250. The first-order chi connectivity index (χ1) is 11.4. The fourth-order valence-electron chi connectivity index (χ4n) is 2.43. The first kappa shape index (κ1) is 16.4. The summed E-state index contributed by atoms with van der Waals surface area (Å²) in [4.78, 5) is 8.01. The Hall–Kier alpha value is -2.51. The van der Waals surface area contributed by atoms with Crippen molar-refractivity contribution < 1.29 is 12.6 Å². The van der Waals surface area contributed by atoms with Gasteiger partial charge in [0.2, 0.25) is 5.95 Å². The van der Waals surface area contributed by atoms with Gasteiger partial charge in [-0.1, -0.05) is 30.3 Å². The van der Waals surface area contributed by atoms with Crippen LogP contribution in [0.25, 0.3) is 21.9 Å². The molecule has 2 N–H and O–H groups in total. The fourth-order valence-corrected chi connectivity index (χ4v) is 2.81. The highest BCUT2D eigenvalue weighted by molar-refractivity contribution is 7.85. The van der Waals surface area contributed by atoms with Crippen molar-refractivity contribution in [1.29, 1.82) is 0 Å². The predicted molar refractivity (Wildman–Crippen MR) is 93.9 cm³/mol. The maximum Gasteiger partial charge on any atom is 0.264 e. The standard InChI is InChI=1S/C17H17N3O3S/c1-24(21,22)23-7-6-12-2-3-14-9-15(5-4-13(14)8-12)16-10-19-17(18)20-11-16/h2-5,8-11H,6-7H2,1H3,(H2,18,19,20). The highest BCUT2D eigenvalue weighted by Gasteiger charge is 2.04. The Kier molecular flexibility index (Phi) is 4.46. The molecule has 0 fully saturated rings. The molecule has 3 rings (SSSR count). The van der Waals surface area contributed by atoms with Crippen molar-refractivity contribution in [1.82, 2.24) is 9.97 Å². The summed E-state index contributed by atoms with van der Waals surface area (Å²) in [6.07, 6.45) is 4.98. The molecule has 0 unspecified atom stereocenters. The molecule has 0 aliphatic rings. The molecule has 0 aliphatic carbocycles. The van der Waals surface area contributed by atoms with E-state index in [1.165, 1.54) is 0 Å². The molecular formula is C17H17N3O3S. The summed E-state index contributed by atoms with van der Waals surface area (Å²) < 4.78 is 26.8. The lowest BCUT2D eigenvalue weighted by Crippen LogP contribution is -2.06. The highest BCUT2D eigenvalue weighted by atomic mass is 32.2. The molecule has 0 saturated heterocycles. The van der Waals surface area contributed by atoms with Crippen LogP contribution in [0, 0.1) is 0 Å². The maximum absolute atomic E-state index is 11.0. The lowest BCUT2D eigenvalue weighted by molar-refractivity contribution is 0.326. The van der Waals surface area contributed by atoms with Gasteiger partial charge in [0.05, 0.1) is 12.9 Å². The number of nitrogen functional groups attached to an aromatic ring is 1.